The summed E-state index contributed by atoms with van der Waals surface area (Å²) in [6, 6.07) is 22.2. The number of aliphatic imine (C=N–C) groups is 1. The van der Waals surface area contributed by atoms with Crippen LogP contribution in [0.15, 0.2) is 84.0 Å². The van der Waals surface area contributed by atoms with Crippen molar-refractivity contribution in [1.29, 1.82) is 0 Å². The summed E-state index contributed by atoms with van der Waals surface area (Å²) in [6.07, 6.45) is 3.35. The molecule has 1 aromatic heterocycles. The molecule has 3 rings (SSSR count). The van der Waals surface area contributed by atoms with Gasteiger partial charge in [0.25, 0.3) is 5.91 Å². The Morgan fingerprint density at radius 1 is 0.913 bits per heavy atom. The van der Waals surface area contributed by atoms with Crippen LogP contribution in [0.5, 0.6) is 0 Å². The lowest BCUT2D eigenvalue weighted by molar-refractivity contribution is 0.102. The van der Waals surface area contributed by atoms with Gasteiger partial charge >= 0.3 is 0 Å². The van der Waals surface area contributed by atoms with Crippen LogP contribution in [0.2, 0.25) is 0 Å². The van der Waals surface area contributed by atoms with Gasteiger partial charge in [0.1, 0.15) is 0 Å². The fourth-order valence-corrected chi connectivity index (χ4v) is 2.09. The Morgan fingerprint density at radius 3 is 2.43 bits per heavy atom. The first-order valence-electron chi connectivity index (χ1n) is 7.23. The Morgan fingerprint density at radius 2 is 1.65 bits per heavy atom. The number of rotatable bonds is 4. The largest absolute Gasteiger partial charge is 0.322 e. The summed E-state index contributed by atoms with van der Waals surface area (Å²) in [6.45, 7) is 0. The van der Waals surface area contributed by atoms with E-state index in [1.54, 1.807) is 24.5 Å². The summed E-state index contributed by atoms with van der Waals surface area (Å²) in [5, 5.41) is 2.87. The van der Waals surface area contributed by atoms with Crippen molar-refractivity contribution in [2.24, 2.45) is 4.99 Å². The molecule has 0 radical (unpaired) electrons. The zero-order valence-corrected chi connectivity index (χ0v) is 12.4. The van der Waals surface area contributed by atoms with Crippen LogP contribution in [-0.2, 0) is 0 Å². The Bertz CT molecular complexity index is 814. The minimum atomic E-state index is -0.190. The van der Waals surface area contributed by atoms with Crippen LogP contribution in [0.3, 0.4) is 0 Å². The molecule has 1 amide bonds. The number of nitrogens with zero attached hydrogens (tertiary/aromatic N) is 2. The molecular weight excluding hydrogens is 286 g/mol. The third-order valence-corrected chi connectivity index (χ3v) is 3.20. The first-order valence-corrected chi connectivity index (χ1v) is 7.23. The van der Waals surface area contributed by atoms with Gasteiger partial charge in [-0.3, -0.25) is 14.8 Å². The monoisotopic (exact) mass is 301 g/mol. The average molecular weight is 301 g/mol. The van der Waals surface area contributed by atoms with Crippen LogP contribution in [0.25, 0.3) is 0 Å². The fourth-order valence-electron chi connectivity index (χ4n) is 2.09. The number of nitrogens with one attached hydrogen (secondary N) is 1. The smallest absolute Gasteiger partial charge is 0.257 e. The van der Waals surface area contributed by atoms with E-state index in [-0.39, 0.29) is 5.91 Å². The Kier molecular flexibility index (Phi) is 4.55. The van der Waals surface area contributed by atoms with Crippen molar-refractivity contribution in [3.05, 3.63) is 90.3 Å². The van der Waals surface area contributed by atoms with Crippen LogP contribution >= 0.6 is 0 Å². The van der Waals surface area contributed by atoms with Gasteiger partial charge in [-0.25, -0.2) is 0 Å². The lowest BCUT2D eigenvalue weighted by Crippen LogP contribution is -2.11. The predicted octanol–water partition coefficient (Wildman–Crippen LogP) is 4.08. The molecule has 0 unspecified atom stereocenters. The van der Waals surface area contributed by atoms with E-state index in [2.05, 4.69) is 15.3 Å². The highest BCUT2D eigenvalue weighted by atomic mass is 16.1. The van der Waals surface area contributed by atoms with E-state index >= 15 is 0 Å². The molecule has 0 aliphatic rings. The molecule has 0 aliphatic carbocycles. The van der Waals surface area contributed by atoms with Gasteiger partial charge in [0, 0.05) is 11.9 Å². The second-order valence-corrected chi connectivity index (χ2v) is 4.85. The minimum Gasteiger partial charge on any atom is -0.322 e. The maximum absolute atomic E-state index is 12.4. The number of pyridine rings is 1. The summed E-state index contributed by atoms with van der Waals surface area (Å²) < 4.78 is 0. The molecule has 23 heavy (non-hydrogen) atoms. The number of carbonyl (C=O) groups is 1. The van der Waals surface area contributed by atoms with Crippen LogP contribution in [0.4, 0.5) is 11.4 Å². The van der Waals surface area contributed by atoms with E-state index in [9.17, 15) is 4.79 Å². The number of para-hydroxylation sites is 2. The highest BCUT2D eigenvalue weighted by Gasteiger charge is 2.10. The van der Waals surface area contributed by atoms with Gasteiger partial charge in [-0.05, 0) is 36.4 Å². The van der Waals surface area contributed by atoms with Crippen molar-refractivity contribution in [1.82, 2.24) is 4.98 Å². The van der Waals surface area contributed by atoms with E-state index in [1.165, 1.54) is 0 Å². The fraction of sp³-hybridized carbons (Fsp3) is 0. The summed E-state index contributed by atoms with van der Waals surface area (Å²) in [4.78, 5) is 21.0. The molecule has 0 bridgehead atoms. The van der Waals surface area contributed by atoms with Crippen molar-refractivity contribution in [3.63, 3.8) is 0 Å². The van der Waals surface area contributed by atoms with Crippen molar-refractivity contribution in [3.8, 4) is 0 Å². The van der Waals surface area contributed by atoms with Gasteiger partial charge in [0.2, 0.25) is 0 Å². The summed E-state index contributed by atoms with van der Waals surface area (Å²) in [5.41, 5.74) is 2.61. The van der Waals surface area contributed by atoms with E-state index < -0.39 is 0 Å². The second-order valence-electron chi connectivity index (χ2n) is 4.85. The molecule has 3 aromatic rings. The number of benzene rings is 2. The maximum atomic E-state index is 12.4. The lowest BCUT2D eigenvalue weighted by Gasteiger charge is -2.07. The predicted molar refractivity (Wildman–Crippen MR) is 92.3 cm³/mol. The number of carbonyl (C=O) groups excluding carboxylic acids is 1. The summed E-state index contributed by atoms with van der Waals surface area (Å²) in [5.74, 6) is -0.190. The topological polar surface area (TPSA) is 54.4 Å². The van der Waals surface area contributed by atoms with Gasteiger partial charge < -0.3 is 5.32 Å². The van der Waals surface area contributed by atoms with Crippen molar-refractivity contribution in [2.75, 3.05) is 5.32 Å². The quantitative estimate of drug-likeness (QED) is 0.738. The van der Waals surface area contributed by atoms with E-state index in [1.807, 2.05) is 60.7 Å². The number of anilines is 1. The van der Waals surface area contributed by atoms with Crippen molar-refractivity contribution in [2.45, 2.75) is 0 Å². The third-order valence-electron chi connectivity index (χ3n) is 3.20. The molecule has 1 N–H and O–H groups in total. The molecule has 0 spiro atoms. The second kappa shape index (κ2) is 7.13. The Hall–Kier alpha value is -3.27. The Balaban J connectivity index is 1.83. The molecule has 0 saturated carbocycles. The van der Waals surface area contributed by atoms with Gasteiger partial charge in [-0.1, -0.05) is 36.4 Å². The lowest BCUT2D eigenvalue weighted by atomic mass is 10.1. The minimum absolute atomic E-state index is 0.190. The third kappa shape index (κ3) is 3.89. The average Bonchev–Trinajstić information content (AvgIpc) is 2.62. The summed E-state index contributed by atoms with van der Waals surface area (Å²) >= 11 is 0. The van der Waals surface area contributed by atoms with Gasteiger partial charge in [0.15, 0.2) is 0 Å². The number of hydrogen-bond acceptors (Lipinski definition) is 3. The molecule has 4 heteroatoms. The molecule has 1 heterocycles. The van der Waals surface area contributed by atoms with Gasteiger partial charge in [-0.15, -0.1) is 0 Å². The maximum Gasteiger partial charge on any atom is 0.257 e. The van der Waals surface area contributed by atoms with E-state index in [0.717, 1.165) is 11.4 Å². The van der Waals surface area contributed by atoms with Crippen LogP contribution in [-0.4, -0.2) is 17.1 Å². The molecule has 2 aromatic carbocycles. The molecular formula is C19H15N3O. The first-order chi connectivity index (χ1) is 11.3. The summed E-state index contributed by atoms with van der Waals surface area (Å²) in [7, 11) is 0. The molecule has 0 saturated heterocycles. The van der Waals surface area contributed by atoms with Gasteiger partial charge in [-0.2, -0.15) is 0 Å². The van der Waals surface area contributed by atoms with Crippen LogP contribution < -0.4 is 5.32 Å². The van der Waals surface area contributed by atoms with Crippen molar-refractivity contribution < 1.29 is 4.79 Å². The number of aromatic nitrogens is 1. The van der Waals surface area contributed by atoms with E-state index in [0.29, 0.717) is 11.3 Å². The normalized spacial score (nSPS) is 10.6. The van der Waals surface area contributed by atoms with Crippen LogP contribution in [0.1, 0.15) is 16.1 Å². The number of amides is 1. The zero-order chi connectivity index (χ0) is 15.9. The molecule has 112 valence electrons. The molecule has 0 atom stereocenters. The standard InChI is InChI=1S/C19H15N3O/c23-19(22-15-8-2-1-3-9-15)17-11-4-5-12-18(17)21-14-16-10-6-7-13-20-16/h1-14H,(H,22,23). The van der Waals surface area contributed by atoms with Gasteiger partial charge in [0.05, 0.1) is 23.2 Å². The SMILES string of the molecule is O=C(Nc1ccccc1)c1ccccc1N=Cc1ccccn1. The molecule has 4 nitrogen and oxygen atoms in total. The highest BCUT2D eigenvalue weighted by molar-refractivity contribution is 6.08. The number of hydrogen-bond donors (Lipinski definition) is 1. The van der Waals surface area contributed by atoms with Crippen molar-refractivity contribution >= 4 is 23.5 Å². The zero-order valence-electron chi connectivity index (χ0n) is 12.4. The van der Waals surface area contributed by atoms with E-state index in [4.69, 9.17) is 0 Å². The van der Waals surface area contributed by atoms with Crippen LogP contribution in [0, 0.1) is 0 Å². The first kappa shape index (κ1) is 14.7. The Labute approximate surface area is 134 Å². The molecule has 0 fully saturated rings. The highest BCUT2D eigenvalue weighted by Crippen LogP contribution is 2.20. The molecule has 0 aliphatic heterocycles.